The quantitative estimate of drug-likeness (QED) is 0.592. The van der Waals surface area contributed by atoms with Crippen molar-refractivity contribution < 1.29 is 4.70 Å². The Morgan fingerprint density at radius 3 is 2.17 bits per heavy atom. The molecule has 0 aromatic rings. The first-order valence-electron chi connectivity index (χ1n) is 8.31. The Morgan fingerprint density at radius 1 is 0.722 bits per heavy atom. The molecule has 1 saturated carbocycles. The van der Waals surface area contributed by atoms with Crippen LogP contribution in [0.4, 0.5) is 0 Å². The molecule has 0 N–H and O–H groups in total. The molecule has 2 atom stereocenters. The van der Waals surface area contributed by atoms with Gasteiger partial charge in [0.1, 0.15) is 6.04 Å². The maximum absolute atomic E-state index is 10.7. The molecule has 0 aromatic heterocycles. The van der Waals surface area contributed by atoms with E-state index in [0.29, 0.717) is 6.04 Å². The molecule has 2 heterocycles. The van der Waals surface area contributed by atoms with E-state index in [1.54, 1.807) is 0 Å². The van der Waals surface area contributed by atoms with E-state index in [1.807, 2.05) is 4.70 Å². The summed E-state index contributed by atoms with van der Waals surface area (Å²) in [4.78, 5) is 0. The molecule has 0 radical (unpaired) electrons. The molecule has 2 bridgehead atoms. The Bertz CT molecular complexity index is 304. The van der Waals surface area contributed by atoms with Crippen LogP contribution in [0.1, 0.15) is 83.5 Å². The molecular formula is C16H28N2. The standard InChI is InChI=1S/C16H28N2/c17-18-15-10-6-7-12-16(18,13-11-15)14-8-4-2-1-3-5-9-14/h14-15H,1-13H2. The predicted octanol–water partition coefficient (Wildman–Crippen LogP) is 4.86. The molecule has 18 heavy (non-hydrogen) atoms. The van der Waals surface area contributed by atoms with Crippen molar-refractivity contribution in [1.29, 1.82) is 0 Å². The number of fused-ring (bicyclic) bond motifs is 2. The van der Waals surface area contributed by atoms with E-state index in [4.69, 9.17) is 0 Å². The van der Waals surface area contributed by atoms with Gasteiger partial charge in [-0.2, -0.15) is 0 Å². The van der Waals surface area contributed by atoms with E-state index in [-0.39, 0.29) is 5.54 Å². The molecule has 0 spiro atoms. The maximum Gasteiger partial charge on any atom is 0.154 e. The molecule has 2 saturated heterocycles. The first-order valence-corrected chi connectivity index (χ1v) is 8.31. The summed E-state index contributed by atoms with van der Waals surface area (Å²) in [7, 11) is 0. The molecule has 2 unspecified atom stereocenters. The van der Waals surface area contributed by atoms with Gasteiger partial charge in [-0.05, 0) is 25.7 Å². The van der Waals surface area contributed by atoms with Gasteiger partial charge in [-0.3, -0.25) is 0 Å². The fourth-order valence-corrected chi connectivity index (χ4v) is 4.92. The van der Waals surface area contributed by atoms with Crippen LogP contribution in [-0.2, 0) is 0 Å². The molecule has 0 amide bonds. The summed E-state index contributed by atoms with van der Waals surface area (Å²) in [6.07, 6.45) is 17.4. The lowest BCUT2D eigenvalue weighted by atomic mass is 9.72. The van der Waals surface area contributed by atoms with Gasteiger partial charge in [0, 0.05) is 31.6 Å². The van der Waals surface area contributed by atoms with Gasteiger partial charge < -0.3 is 10.2 Å². The second-order valence-corrected chi connectivity index (χ2v) is 6.93. The predicted molar refractivity (Wildman–Crippen MR) is 73.6 cm³/mol. The average molecular weight is 248 g/mol. The van der Waals surface area contributed by atoms with Crippen LogP contribution < -0.4 is 0 Å². The maximum atomic E-state index is 10.7. The number of hydrogen-bond donors (Lipinski definition) is 0. The van der Waals surface area contributed by atoms with Gasteiger partial charge in [-0.15, -0.1) is 0 Å². The van der Waals surface area contributed by atoms with Gasteiger partial charge >= 0.3 is 0 Å². The van der Waals surface area contributed by atoms with Crippen LogP contribution in [0.25, 0.3) is 5.53 Å². The Morgan fingerprint density at radius 2 is 1.39 bits per heavy atom. The van der Waals surface area contributed by atoms with Crippen molar-refractivity contribution in [3.05, 3.63) is 5.53 Å². The third kappa shape index (κ3) is 2.12. The first kappa shape index (κ1) is 12.6. The highest BCUT2D eigenvalue weighted by atomic mass is 15.3. The van der Waals surface area contributed by atoms with E-state index in [2.05, 4.69) is 0 Å². The molecular weight excluding hydrogens is 220 g/mol. The van der Waals surface area contributed by atoms with Crippen molar-refractivity contribution in [2.45, 2.75) is 95.1 Å². The topological polar surface area (TPSA) is 25.3 Å². The zero-order valence-electron chi connectivity index (χ0n) is 11.7. The molecule has 2 heteroatoms. The van der Waals surface area contributed by atoms with Crippen LogP contribution >= 0.6 is 0 Å². The molecule has 2 nitrogen and oxygen atoms in total. The normalized spacial score (nSPS) is 39.1. The van der Waals surface area contributed by atoms with Crippen LogP contribution in [0.2, 0.25) is 0 Å². The van der Waals surface area contributed by atoms with Gasteiger partial charge in [-0.25, -0.2) is 0 Å². The van der Waals surface area contributed by atoms with Crippen molar-refractivity contribution in [1.82, 2.24) is 0 Å². The zero-order chi connectivity index (χ0) is 12.4. The minimum absolute atomic E-state index is 0.179. The number of hydrogen-bond acceptors (Lipinski definition) is 0. The van der Waals surface area contributed by atoms with Crippen LogP contribution in [0.5, 0.6) is 0 Å². The highest BCUT2D eigenvalue weighted by molar-refractivity contribution is 4.94. The largest absolute Gasteiger partial charge is 0.506 e. The summed E-state index contributed by atoms with van der Waals surface area (Å²) in [5.74, 6) is 0.769. The molecule has 3 fully saturated rings. The Hall–Kier alpha value is -0.400. The second-order valence-electron chi connectivity index (χ2n) is 6.93. The van der Waals surface area contributed by atoms with Crippen molar-refractivity contribution in [3.63, 3.8) is 0 Å². The third-order valence-electron chi connectivity index (χ3n) is 5.97. The smallest absolute Gasteiger partial charge is 0.154 e. The summed E-state index contributed by atoms with van der Waals surface area (Å²) >= 11 is 0. The fourth-order valence-electron chi connectivity index (χ4n) is 4.92. The van der Waals surface area contributed by atoms with E-state index in [0.717, 1.165) is 5.92 Å². The van der Waals surface area contributed by atoms with Crippen LogP contribution in [0, 0.1) is 5.92 Å². The highest BCUT2D eigenvalue weighted by Crippen LogP contribution is 2.47. The van der Waals surface area contributed by atoms with E-state index >= 15 is 0 Å². The molecule has 0 aromatic carbocycles. The number of rotatable bonds is 1. The van der Waals surface area contributed by atoms with Crippen LogP contribution in [-0.4, -0.2) is 16.3 Å². The van der Waals surface area contributed by atoms with Gasteiger partial charge in [0.25, 0.3) is 0 Å². The van der Waals surface area contributed by atoms with E-state index in [1.165, 1.54) is 83.5 Å². The second kappa shape index (κ2) is 5.30. The van der Waals surface area contributed by atoms with Gasteiger partial charge in [0.2, 0.25) is 0 Å². The first-order chi connectivity index (χ1) is 8.83. The highest BCUT2D eigenvalue weighted by Gasteiger charge is 2.52. The fraction of sp³-hybridized carbons (Fsp3) is 1.00. The SMILES string of the molecule is [N-]=[N+]1C2CCCCC1(C1CCCCCCC1)CC2. The van der Waals surface area contributed by atoms with Gasteiger partial charge in [0.05, 0.1) is 0 Å². The van der Waals surface area contributed by atoms with Gasteiger partial charge in [-0.1, -0.05) is 32.1 Å². The van der Waals surface area contributed by atoms with Crippen LogP contribution in [0.3, 0.4) is 0 Å². The lowest BCUT2D eigenvalue weighted by molar-refractivity contribution is -0.645. The molecule has 2 aliphatic heterocycles. The average Bonchev–Trinajstić information content (AvgIpc) is 2.50. The van der Waals surface area contributed by atoms with Crippen LogP contribution in [0.15, 0.2) is 0 Å². The molecule has 1 aliphatic carbocycles. The molecule has 3 aliphatic rings. The summed E-state index contributed by atoms with van der Waals surface area (Å²) < 4.78 is 1.85. The van der Waals surface area contributed by atoms with Crippen molar-refractivity contribution >= 4 is 0 Å². The van der Waals surface area contributed by atoms with Crippen molar-refractivity contribution in [2.24, 2.45) is 5.92 Å². The minimum Gasteiger partial charge on any atom is -0.506 e. The molecule has 3 rings (SSSR count). The lowest BCUT2D eigenvalue weighted by Crippen LogP contribution is -2.44. The third-order valence-corrected chi connectivity index (χ3v) is 5.97. The minimum atomic E-state index is 0.179. The summed E-state index contributed by atoms with van der Waals surface area (Å²) in [5, 5.41) is 0. The van der Waals surface area contributed by atoms with Crippen molar-refractivity contribution in [2.75, 3.05) is 0 Å². The zero-order valence-corrected chi connectivity index (χ0v) is 11.7. The Balaban J connectivity index is 1.80. The van der Waals surface area contributed by atoms with Crippen molar-refractivity contribution in [3.8, 4) is 0 Å². The Labute approximate surface area is 112 Å². The lowest BCUT2D eigenvalue weighted by Gasteiger charge is -2.37. The summed E-state index contributed by atoms with van der Waals surface area (Å²) in [5.41, 5.74) is 10.9. The Kier molecular flexibility index (Phi) is 3.72. The van der Waals surface area contributed by atoms with E-state index < -0.39 is 0 Å². The molecule has 102 valence electrons. The summed E-state index contributed by atoms with van der Waals surface area (Å²) in [6.45, 7) is 0. The van der Waals surface area contributed by atoms with Gasteiger partial charge in [0.15, 0.2) is 5.54 Å². The summed E-state index contributed by atoms with van der Waals surface area (Å²) in [6, 6.07) is 0.484. The van der Waals surface area contributed by atoms with E-state index in [9.17, 15) is 5.53 Å². The number of nitrogens with zero attached hydrogens (tertiary/aromatic N) is 2. The monoisotopic (exact) mass is 248 g/mol.